The minimum atomic E-state index is -5.07. The second-order valence-corrected chi connectivity index (χ2v) is 7.86. The summed E-state index contributed by atoms with van der Waals surface area (Å²) in [6.45, 7) is 1.92. The number of alkyl halides is 4. The monoisotopic (exact) mass is 518 g/mol. The maximum Gasteiger partial charge on any atom is 0.453 e. The fraction of sp³-hybridized carbons (Fsp3) is 0.154. The fourth-order valence-corrected chi connectivity index (χ4v) is 3.53. The Balaban J connectivity index is 1.72. The Bertz CT molecular complexity index is 1450. The molecule has 0 bridgehead atoms. The van der Waals surface area contributed by atoms with Gasteiger partial charge in [-0.05, 0) is 36.8 Å². The van der Waals surface area contributed by atoms with E-state index in [9.17, 15) is 22.8 Å². The van der Waals surface area contributed by atoms with Crippen molar-refractivity contribution in [3.8, 4) is 23.0 Å². The molecule has 0 aliphatic rings. The van der Waals surface area contributed by atoms with E-state index in [2.05, 4.69) is 0 Å². The van der Waals surface area contributed by atoms with Gasteiger partial charge in [0.1, 0.15) is 11.3 Å². The largest absolute Gasteiger partial charge is 0.490 e. The van der Waals surface area contributed by atoms with Crippen LogP contribution in [0.1, 0.15) is 23.6 Å². The molecule has 0 saturated heterocycles. The third-order valence-electron chi connectivity index (χ3n) is 4.96. The highest BCUT2D eigenvalue weighted by Gasteiger charge is 2.41. The van der Waals surface area contributed by atoms with Gasteiger partial charge in [-0.25, -0.2) is 4.79 Å². The van der Waals surface area contributed by atoms with Crippen LogP contribution < -0.4 is 19.6 Å². The third-order valence-corrected chi connectivity index (χ3v) is 5.39. The van der Waals surface area contributed by atoms with Gasteiger partial charge in [0.15, 0.2) is 16.9 Å². The third kappa shape index (κ3) is 5.31. The van der Waals surface area contributed by atoms with Crippen LogP contribution >= 0.6 is 11.6 Å². The molecule has 1 aromatic heterocycles. The summed E-state index contributed by atoms with van der Waals surface area (Å²) < 4.78 is 62.6. The van der Waals surface area contributed by atoms with Crippen molar-refractivity contribution in [3.05, 3.63) is 94.3 Å². The predicted octanol–water partition coefficient (Wildman–Crippen LogP) is 6.89. The van der Waals surface area contributed by atoms with Crippen molar-refractivity contribution >= 4 is 28.5 Å². The summed E-state index contributed by atoms with van der Waals surface area (Å²) in [5.41, 5.74) is -1.04. The number of ether oxygens (including phenoxy) is 3. The van der Waals surface area contributed by atoms with Crippen LogP contribution in [0.25, 0.3) is 11.0 Å². The van der Waals surface area contributed by atoms with E-state index in [0.717, 1.165) is 6.07 Å². The normalized spacial score (nSPS) is 12.2. The second-order valence-electron chi connectivity index (χ2n) is 7.42. The number of halogens is 4. The lowest BCUT2D eigenvalue weighted by Gasteiger charge is -2.15. The van der Waals surface area contributed by atoms with E-state index in [1.165, 1.54) is 30.3 Å². The number of fused-ring (bicyclic) bond motifs is 1. The molecule has 0 fully saturated rings. The van der Waals surface area contributed by atoms with Crippen molar-refractivity contribution in [1.82, 2.24) is 0 Å². The van der Waals surface area contributed by atoms with Crippen molar-refractivity contribution < 1.29 is 36.6 Å². The van der Waals surface area contributed by atoms with Crippen LogP contribution in [0.5, 0.6) is 23.0 Å². The summed E-state index contributed by atoms with van der Waals surface area (Å²) in [6, 6.07) is 17.8. The number of esters is 1. The van der Waals surface area contributed by atoms with Gasteiger partial charge < -0.3 is 18.6 Å². The van der Waals surface area contributed by atoms with Crippen LogP contribution in [0.3, 0.4) is 0 Å². The topological polar surface area (TPSA) is 75.0 Å². The maximum absolute atomic E-state index is 13.9. The Morgan fingerprint density at radius 3 is 2.33 bits per heavy atom. The number of hydrogen-bond acceptors (Lipinski definition) is 6. The first kappa shape index (κ1) is 25.1. The SMILES string of the molecule is CCOc1ccccc1Oc1c(C(F)(F)F)oc2cc(OC(=O)C(Cl)c3ccccc3)ccc2c1=O. The lowest BCUT2D eigenvalue weighted by Crippen LogP contribution is -2.16. The maximum atomic E-state index is 13.9. The van der Waals surface area contributed by atoms with Crippen LogP contribution in [0.2, 0.25) is 0 Å². The number of para-hydroxylation sites is 2. The molecule has 0 aliphatic heterocycles. The Morgan fingerprint density at radius 2 is 1.67 bits per heavy atom. The van der Waals surface area contributed by atoms with Crippen molar-refractivity contribution in [2.24, 2.45) is 0 Å². The fourth-order valence-electron chi connectivity index (χ4n) is 3.34. The number of benzene rings is 3. The van der Waals surface area contributed by atoms with Crippen molar-refractivity contribution in [2.75, 3.05) is 6.61 Å². The highest BCUT2D eigenvalue weighted by molar-refractivity contribution is 6.30. The van der Waals surface area contributed by atoms with Gasteiger partial charge in [0, 0.05) is 6.07 Å². The van der Waals surface area contributed by atoms with Crippen molar-refractivity contribution in [2.45, 2.75) is 18.5 Å². The van der Waals surface area contributed by atoms with E-state index in [1.54, 1.807) is 43.3 Å². The number of carbonyl (C=O) groups excluding carboxylic acids is 1. The quantitative estimate of drug-likeness (QED) is 0.151. The van der Waals surface area contributed by atoms with Gasteiger partial charge in [-0.3, -0.25) is 4.79 Å². The van der Waals surface area contributed by atoms with Crippen LogP contribution in [-0.2, 0) is 11.0 Å². The Morgan fingerprint density at radius 1 is 1.00 bits per heavy atom. The summed E-state index contributed by atoms with van der Waals surface area (Å²) in [5.74, 6) is -3.63. The lowest BCUT2D eigenvalue weighted by molar-refractivity contribution is -0.154. The van der Waals surface area contributed by atoms with Gasteiger partial charge in [-0.2, -0.15) is 13.2 Å². The van der Waals surface area contributed by atoms with Gasteiger partial charge in [0.2, 0.25) is 11.2 Å². The van der Waals surface area contributed by atoms with Crippen molar-refractivity contribution in [1.29, 1.82) is 0 Å². The summed E-state index contributed by atoms with van der Waals surface area (Å²) >= 11 is 6.14. The number of rotatable bonds is 7. The highest BCUT2D eigenvalue weighted by atomic mass is 35.5. The smallest absolute Gasteiger partial charge is 0.453 e. The molecule has 36 heavy (non-hydrogen) atoms. The Kier molecular flexibility index (Phi) is 7.21. The van der Waals surface area contributed by atoms with Gasteiger partial charge in [0.25, 0.3) is 5.76 Å². The van der Waals surface area contributed by atoms with Gasteiger partial charge in [-0.1, -0.05) is 42.5 Å². The molecule has 1 atom stereocenters. The summed E-state index contributed by atoms with van der Waals surface area (Å²) in [4.78, 5) is 25.5. The number of carbonyl (C=O) groups is 1. The van der Waals surface area contributed by atoms with Gasteiger partial charge in [-0.15, -0.1) is 11.6 Å². The summed E-state index contributed by atoms with van der Waals surface area (Å²) in [7, 11) is 0. The molecule has 0 radical (unpaired) electrons. The van der Waals surface area contributed by atoms with E-state index < -0.39 is 40.0 Å². The van der Waals surface area contributed by atoms with E-state index in [-0.39, 0.29) is 29.2 Å². The molecule has 1 unspecified atom stereocenters. The predicted molar refractivity (Wildman–Crippen MR) is 126 cm³/mol. The molecule has 0 aliphatic carbocycles. The Labute approximate surface area is 207 Å². The molecule has 4 rings (SSSR count). The zero-order chi connectivity index (χ0) is 25.9. The summed E-state index contributed by atoms with van der Waals surface area (Å²) in [6.07, 6.45) is -5.07. The molecule has 3 aromatic carbocycles. The average molecular weight is 519 g/mol. The molecular formula is C26H18ClF3O6. The molecule has 0 amide bonds. The lowest BCUT2D eigenvalue weighted by atomic mass is 10.1. The van der Waals surface area contributed by atoms with E-state index in [1.807, 2.05) is 0 Å². The van der Waals surface area contributed by atoms with Crippen LogP contribution in [0.4, 0.5) is 13.2 Å². The molecule has 186 valence electrons. The van der Waals surface area contributed by atoms with E-state index in [0.29, 0.717) is 5.56 Å². The molecule has 6 nitrogen and oxygen atoms in total. The van der Waals surface area contributed by atoms with E-state index >= 15 is 0 Å². The standard InChI is InChI=1S/C26H18ClF3O6/c1-2-33-18-10-6-7-11-19(18)35-23-22(31)17-13-12-16(14-20(17)36-24(23)26(28,29)30)34-25(32)21(27)15-8-4-3-5-9-15/h3-14,21H,2H2,1H3. The van der Waals surface area contributed by atoms with Crippen molar-refractivity contribution in [3.63, 3.8) is 0 Å². The molecule has 10 heteroatoms. The summed E-state index contributed by atoms with van der Waals surface area (Å²) in [5, 5.41) is -1.36. The number of hydrogen-bond donors (Lipinski definition) is 0. The zero-order valence-electron chi connectivity index (χ0n) is 18.7. The first-order valence-corrected chi connectivity index (χ1v) is 11.1. The minimum Gasteiger partial charge on any atom is -0.490 e. The van der Waals surface area contributed by atoms with E-state index in [4.69, 9.17) is 30.2 Å². The molecule has 1 heterocycles. The average Bonchev–Trinajstić information content (AvgIpc) is 2.86. The first-order chi connectivity index (χ1) is 17.2. The molecular weight excluding hydrogens is 501 g/mol. The van der Waals surface area contributed by atoms with Gasteiger partial charge >= 0.3 is 12.1 Å². The van der Waals surface area contributed by atoms with Gasteiger partial charge in [0.05, 0.1) is 12.0 Å². The first-order valence-electron chi connectivity index (χ1n) is 10.7. The highest BCUT2D eigenvalue weighted by Crippen LogP contribution is 2.40. The zero-order valence-corrected chi connectivity index (χ0v) is 19.4. The molecule has 0 saturated carbocycles. The molecule has 4 aromatic rings. The Hall–Kier alpha value is -3.98. The molecule has 0 N–H and O–H groups in total. The molecule has 0 spiro atoms. The van der Waals surface area contributed by atoms with Crippen LogP contribution in [-0.4, -0.2) is 12.6 Å². The van der Waals surface area contributed by atoms with Crippen LogP contribution in [0.15, 0.2) is 82.0 Å². The minimum absolute atomic E-state index is 0.0869. The second kappa shape index (κ2) is 10.3. The van der Waals surface area contributed by atoms with Crippen LogP contribution in [0, 0.1) is 0 Å².